The maximum Gasteiger partial charge on any atom is 0.244 e. The molecule has 0 aromatic heterocycles. The van der Waals surface area contributed by atoms with Gasteiger partial charge in [0, 0.05) is 16.6 Å². The lowest BCUT2D eigenvalue weighted by atomic mass is 10.1. The molecular weight excluding hydrogens is 430 g/mol. The number of fused-ring (bicyclic) bond motifs is 1. The number of anilines is 2. The Morgan fingerprint density at radius 1 is 1.03 bits per heavy atom. The summed E-state index contributed by atoms with van der Waals surface area (Å²) >= 11 is 1.47. The van der Waals surface area contributed by atoms with Gasteiger partial charge in [-0.2, -0.15) is 0 Å². The molecule has 2 atom stereocenters. The van der Waals surface area contributed by atoms with Crippen molar-refractivity contribution in [1.29, 1.82) is 0 Å². The van der Waals surface area contributed by atoms with Crippen LogP contribution in [0.25, 0.3) is 0 Å². The molecule has 8 heteroatoms. The van der Waals surface area contributed by atoms with E-state index in [-0.39, 0.29) is 35.2 Å². The summed E-state index contributed by atoms with van der Waals surface area (Å²) in [5, 5.41) is 3.62. The topological polar surface area (TPSA) is 78.8 Å². The number of nitrogens with zero attached hydrogens (tertiary/aromatic N) is 2. The highest BCUT2D eigenvalue weighted by Crippen LogP contribution is 2.37. The van der Waals surface area contributed by atoms with E-state index in [1.165, 1.54) is 22.9 Å². The second kappa shape index (κ2) is 8.31. The monoisotopic (exact) mass is 457 g/mol. The Bertz CT molecular complexity index is 1170. The van der Waals surface area contributed by atoms with Crippen molar-refractivity contribution in [3.63, 3.8) is 0 Å². The van der Waals surface area contributed by atoms with Gasteiger partial charge in [0.1, 0.15) is 6.54 Å². The van der Waals surface area contributed by atoms with Gasteiger partial charge >= 0.3 is 0 Å². The highest BCUT2D eigenvalue weighted by molar-refractivity contribution is 8.15. The Hall–Kier alpha value is -2.32. The maximum atomic E-state index is 12.9. The molecule has 1 fully saturated rings. The number of thioether (sulfide) groups is 1. The summed E-state index contributed by atoms with van der Waals surface area (Å²) in [6.45, 7) is 8.25. The fourth-order valence-corrected chi connectivity index (χ4v) is 7.58. The third kappa shape index (κ3) is 4.80. The molecule has 1 N–H and O–H groups in total. The van der Waals surface area contributed by atoms with Crippen LogP contribution in [-0.4, -0.2) is 48.8 Å². The van der Waals surface area contributed by atoms with Crippen molar-refractivity contribution >= 4 is 44.0 Å². The second-order valence-corrected chi connectivity index (χ2v) is 11.8. The van der Waals surface area contributed by atoms with Crippen molar-refractivity contribution in [2.24, 2.45) is 4.99 Å². The van der Waals surface area contributed by atoms with Crippen LogP contribution in [0, 0.1) is 27.7 Å². The summed E-state index contributed by atoms with van der Waals surface area (Å²) in [4.78, 5) is 19.5. The van der Waals surface area contributed by atoms with Crippen LogP contribution in [-0.2, 0) is 14.6 Å². The number of carbonyl (C=O) groups is 1. The van der Waals surface area contributed by atoms with E-state index < -0.39 is 9.84 Å². The van der Waals surface area contributed by atoms with E-state index in [0.717, 1.165) is 22.5 Å². The van der Waals surface area contributed by atoms with Gasteiger partial charge in [0.25, 0.3) is 0 Å². The number of aliphatic imine (C=N–C) groups is 1. The summed E-state index contributed by atoms with van der Waals surface area (Å²) in [5.74, 6) is 0.0868. The zero-order valence-electron chi connectivity index (χ0n) is 18.2. The number of amidine groups is 1. The van der Waals surface area contributed by atoms with Crippen molar-refractivity contribution < 1.29 is 13.2 Å². The number of rotatable bonds is 4. The molecule has 164 valence electrons. The first-order chi connectivity index (χ1) is 14.6. The zero-order chi connectivity index (χ0) is 22.3. The van der Waals surface area contributed by atoms with Crippen molar-refractivity contribution in [3.8, 4) is 0 Å². The lowest BCUT2D eigenvalue weighted by molar-refractivity contribution is -0.114. The summed E-state index contributed by atoms with van der Waals surface area (Å²) in [5.41, 5.74) is 6.24. The third-order valence-electron chi connectivity index (χ3n) is 5.93. The Balaban J connectivity index is 1.59. The Kier molecular flexibility index (Phi) is 5.87. The van der Waals surface area contributed by atoms with Crippen LogP contribution < -0.4 is 10.2 Å². The van der Waals surface area contributed by atoms with Crippen molar-refractivity contribution in [1.82, 2.24) is 0 Å². The van der Waals surface area contributed by atoms with Crippen LogP contribution in [0.5, 0.6) is 0 Å². The second-order valence-electron chi connectivity index (χ2n) is 8.41. The van der Waals surface area contributed by atoms with E-state index >= 15 is 0 Å². The first-order valence-electron chi connectivity index (χ1n) is 10.3. The molecule has 2 aromatic rings. The van der Waals surface area contributed by atoms with E-state index in [4.69, 9.17) is 4.99 Å². The number of aryl methyl sites for hydroxylation is 4. The lowest BCUT2D eigenvalue weighted by Crippen LogP contribution is -2.36. The summed E-state index contributed by atoms with van der Waals surface area (Å²) in [6.07, 6.45) is 0. The molecule has 1 saturated heterocycles. The van der Waals surface area contributed by atoms with Gasteiger partial charge < -0.3 is 10.2 Å². The predicted octanol–water partition coefficient (Wildman–Crippen LogP) is 3.63. The van der Waals surface area contributed by atoms with E-state index in [9.17, 15) is 13.2 Å². The van der Waals surface area contributed by atoms with Crippen LogP contribution in [0.15, 0.2) is 41.4 Å². The summed E-state index contributed by atoms with van der Waals surface area (Å²) in [7, 11) is -3.03. The largest absolute Gasteiger partial charge is 0.325 e. The van der Waals surface area contributed by atoms with Crippen LogP contribution >= 0.6 is 11.8 Å². The molecule has 0 unspecified atom stereocenters. The van der Waals surface area contributed by atoms with E-state index in [1.807, 2.05) is 69.0 Å². The Morgan fingerprint density at radius 3 is 2.35 bits per heavy atom. The van der Waals surface area contributed by atoms with Crippen LogP contribution in [0.1, 0.15) is 22.3 Å². The van der Waals surface area contributed by atoms with Gasteiger partial charge in [-0.1, -0.05) is 23.9 Å². The highest BCUT2D eigenvalue weighted by atomic mass is 32.2. The quantitative estimate of drug-likeness (QED) is 0.758. The lowest BCUT2D eigenvalue weighted by Gasteiger charge is -2.25. The van der Waals surface area contributed by atoms with Crippen LogP contribution in [0.3, 0.4) is 0 Å². The molecule has 1 amide bonds. The van der Waals surface area contributed by atoms with E-state index in [1.54, 1.807) is 0 Å². The van der Waals surface area contributed by atoms with Crippen molar-refractivity contribution in [2.45, 2.75) is 39.0 Å². The molecule has 4 rings (SSSR count). The molecule has 0 radical (unpaired) electrons. The van der Waals surface area contributed by atoms with Gasteiger partial charge in [-0.25, -0.2) is 8.42 Å². The molecule has 2 aliphatic heterocycles. The standard InChI is InChI=1S/C23H27N3O3S2/c1-14-5-7-18(9-16(14)3)24-22(27)11-26(19-8-6-15(2)17(4)10-19)23-25-20-12-31(28,29)13-21(20)30-23/h5-10,20-21H,11-13H2,1-4H3,(H,24,27)/t20-,21+/m1/s1. The first-order valence-corrected chi connectivity index (χ1v) is 13.0. The number of nitrogens with one attached hydrogen (secondary N) is 1. The number of carbonyl (C=O) groups excluding carboxylic acids is 1. The summed E-state index contributed by atoms with van der Waals surface area (Å²) < 4.78 is 23.9. The van der Waals surface area contributed by atoms with Crippen LogP contribution in [0.2, 0.25) is 0 Å². The Labute approximate surface area is 188 Å². The third-order valence-corrected chi connectivity index (χ3v) is 9.18. The van der Waals surface area contributed by atoms with Gasteiger partial charge in [-0.3, -0.25) is 9.79 Å². The summed E-state index contributed by atoms with van der Waals surface area (Å²) in [6, 6.07) is 11.7. The fraction of sp³-hybridized carbons (Fsp3) is 0.391. The van der Waals surface area contributed by atoms with Crippen molar-refractivity contribution in [2.75, 3.05) is 28.3 Å². The van der Waals surface area contributed by atoms with Crippen LogP contribution in [0.4, 0.5) is 11.4 Å². The molecule has 0 saturated carbocycles. The molecule has 6 nitrogen and oxygen atoms in total. The number of amides is 1. The SMILES string of the molecule is Cc1ccc(NC(=O)CN(C2=N[C@@H]3CS(=O)(=O)C[C@@H]3S2)c2ccc(C)c(C)c2)cc1C. The maximum absolute atomic E-state index is 12.9. The van der Waals surface area contributed by atoms with Gasteiger partial charge in [-0.05, 0) is 74.2 Å². The molecule has 0 spiro atoms. The van der Waals surface area contributed by atoms with E-state index in [0.29, 0.717) is 5.17 Å². The molecule has 0 bridgehead atoms. The van der Waals surface area contributed by atoms with Gasteiger partial charge in [-0.15, -0.1) is 0 Å². The van der Waals surface area contributed by atoms with E-state index in [2.05, 4.69) is 5.32 Å². The normalized spacial score (nSPS) is 21.5. The first kappa shape index (κ1) is 21.9. The number of hydrogen-bond acceptors (Lipinski definition) is 6. The Morgan fingerprint density at radius 2 is 1.71 bits per heavy atom. The number of hydrogen-bond donors (Lipinski definition) is 1. The molecule has 0 aliphatic carbocycles. The average Bonchev–Trinajstić information content (AvgIpc) is 3.18. The van der Waals surface area contributed by atoms with Crippen molar-refractivity contribution in [3.05, 3.63) is 58.7 Å². The minimum atomic E-state index is -3.03. The number of benzene rings is 2. The highest BCUT2D eigenvalue weighted by Gasteiger charge is 2.44. The molecule has 2 aromatic carbocycles. The zero-order valence-corrected chi connectivity index (χ0v) is 19.8. The molecule has 2 aliphatic rings. The average molecular weight is 458 g/mol. The van der Waals surface area contributed by atoms with Gasteiger partial charge in [0.05, 0.1) is 17.5 Å². The van der Waals surface area contributed by atoms with Gasteiger partial charge in [0.2, 0.25) is 5.91 Å². The van der Waals surface area contributed by atoms with Gasteiger partial charge in [0.15, 0.2) is 15.0 Å². The molecular formula is C23H27N3O3S2. The minimum absolute atomic E-state index is 0.0724. The minimum Gasteiger partial charge on any atom is -0.325 e. The smallest absolute Gasteiger partial charge is 0.244 e. The molecule has 2 heterocycles. The fourth-order valence-electron chi connectivity index (χ4n) is 3.80. The predicted molar refractivity (Wildman–Crippen MR) is 129 cm³/mol. The molecule has 31 heavy (non-hydrogen) atoms. The number of sulfone groups is 1.